The minimum absolute atomic E-state index is 1.13. The summed E-state index contributed by atoms with van der Waals surface area (Å²) >= 11 is 0. The summed E-state index contributed by atoms with van der Waals surface area (Å²) in [5.41, 5.74) is 10.7. The van der Waals surface area contributed by atoms with Crippen molar-refractivity contribution >= 4 is 45.3 Å². The van der Waals surface area contributed by atoms with Gasteiger partial charge in [0, 0.05) is 33.4 Å². The zero-order valence-electron chi connectivity index (χ0n) is 18.6. The second-order valence-corrected chi connectivity index (χ2v) is 8.74. The third kappa shape index (κ3) is 2.89. The highest BCUT2D eigenvalue weighted by atomic mass is 15.0. The van der Waals surface area contributed by atoms with Gasteiger partial charge < -0.3 is 9.88 Å². The van der Waals surface area contributed by atoms with Crippen LogP contribution in [0, 0.1) is 0 Å². The van der Waals surface area contributed by atoms with Gasteiger partial charge in [0.1, 0.15) is 0 Å². The second kappa shape index (κ2) is 7.50. The Hall–Kier alpha value is -4.56. The number of hydrogen-bond acceptors (Lipinski definition) is 1. The minimum atomic E-state index is 1.13. The lowest BCUT2D eigenvalue weighted by molar-refractivity contribution is 1.18. The Morgan fingerprint density at radius 1 is 0.529 bits per heavy atom. The van der Waals surface area contributed by atoms with Crippen molar-refractivity contribution in [2.45, 2.75) is 0 Å². The minimum Gasteiger partial charge on any atom is -0.355 e. The summed E-state index contributed by atoms with van der Waals surface area (Å²) in [7, 11) is 0. The van der Waals surface area contributed by atoms with E-state index >= 15 is 0 Å². The Kier molecular flexibility index (Phi) is 4.18. The van der Waals surface area contributed by atoms with Crippen molar-refractivity contribution in [1.29, 1.82) is 0 Å². The highest BCUT2D eigenvalue weighted by Gasteiger charge is 2.17. The topological polar surface area (TPSA) is 17.0 Å². The van der Waals surface area contributed by atoms with Crippen molar-refractivity contribution in [3.63, 3.8) is 0 Å². The number of rotatable bonds is 2. The van der Waals surface area contributed by atoms with E-state index in [1.54, 1.807) is 0 Å². The normalized spacial score (nSPS) is 12.2. The first kappa shape index (κ1) is 19.0. The number of anilines is 2. The molecule has 160 valence electrons. The van der Waals surface area contributed by atoms with Crippen LogP contribution in [0.1, 0.15) is 11.1 Å². The summed E-state index contributed by atoms with van der Waals surface area (Å²) < 4.78 is 2.40. The molecule has 0 saturated carbocycles. The van der Waals surface area contributed by atoms with E-state index in [9.17, 15) is 0 Å². The molecule has 1 aliphatic heterocycles. The lowest BCUT2D eigenvalue weighted by Gasteiger charge is -2.14. The van der Waals surface area contributed by atoms with Crippen molar-refractivity contribution < 1.29 is 0 Å². The van der Waals surface area contributed by atoms with Crippen molar-refractivity contribution in [1.82, 2.24) is 4.57 Å². The first-order valence-electron chi connectivity index (χ1n) is 11.6. The van der Waals surface area contributed by atoms with Crippen LogP contribution in [0.5, 0.6) is 0 Å². The van der Waals surface area contributed by atoms with Crippen LogP contribution in [0.25, 0.3) is 50.8 Å². The quantitative estimate of drug-likeness (QED) is 0.288. The SMILES string of the molecule is C1=Cc2cc(-c3cccc4c5ccccc5n(-c5ccccc5)c34)ccc2Nc2ccccc21. The first-order valence-corrected chi connectivity index (χ1v) is 11.6. The Labute approximate surface area is 198 Å². The summed E-state index contributed by atoms with van der Waals surface area (Å²) in [4.78, 5) is 0. The summed E-state index contributed by atoms with van der Waals surface area (Å²) in [5, 5.41) is 6.15. The second-order valence-electron chi connectivity index (χ2n) is 8.74. The lowest BCUT2D eigenvalue weighted by atomic mass is 9.99. The van der Waals surface area contributed by atoms with Crippen LogP contribution in [0.15, 0.2) is 115 Å². The maximum Gasteiger partial charge on any atom is 0.0619 e. The molecule has 34 heavy (non-hydrogen) atoms. The third-order valence-corrected chi connectivity index (χ3v) is 6.74. The average molecular weight is 435 g/mol. The van der Waals surface area contributed by atoms with Crippen molar-refractivity contribution in [3.8, 4) is 16.8 Å². The molecule has 6 aromatic rings. The molecule has 0 atom stereocenters. The molecule has 0 aliphatic carbocycles. The van der Waals surface area contributed by atoms with Gasteiger partial charge in [0.25, 0.3) is 0 Å². The van der Waals surface area contributed by atoms with Crippen LogP contribution in [-0.2, 0) is 0 Å². The van der Waals surface area contributed by atoms with Gasteiger partial charge in [0.2, 0.25) is 0 Å². The predicted octanol–water partition coefficient (Wildman–Crippen LogP) is 8.68. The Bertz CT molecular complexity index is 1720. The van der Waals surface area contributed by atoms with Gasteiger partial charge in [-0.3, -0.25) is 0 Å². The molecule has 0 fully saturated rings. The molecule has 0 saturated heterocycles. The van der Waals surface area contributed by atoms with Crippen molar-refractivity contribution in [2.75, 3.05) is 5.32 Å². The van der Waals surface area contributed by atoms with Gasteiger partial charge in [0.05, 0.1) is 11.0 Å². The molecule has 0 radical (unpaired) electrons. The number of aromatic nitrogens is 1. The third-order valence-electron chi connectivity index (χ3n) is 6.74. The molecule has 7 rings (SSSR count). The molecule has 0 amide bonds. The zero-order valence-corrected chi connectivity index (χ0v) is 18.6. The summed E-state index contributed by atoms with van der Waals surface area (Å²) in [5.74, 6) is 0. The van der Waals surface area contributed by atoms with Crippen LogP contribution in [0.2, 0.25) is 0 Å². The van der Waals surface area contributed by atoms with Gasteiger partial charge >= 0.3 is 0 Å². The van der Waals surface area contributed by atoms with E-state index in [1.807, 2.05) is 0 Å². The molecule has 0 unspecified atom stereocenters. The van der Waals surface area contributed by atoms with E-state index < -0.39 is 0 Å². The fraction of sp³-hybridized carbons (Fsp3) is 0. The largest absolute Gasteiger partial charge is 0.355 e. The van der Waals surface area contributed by atoms with Gasteiger partial charge in [-0.05, 0) is 53.1 Å². The van der Waals surface area contributed by atoms with E-state index in [0.717, 1.165) is 11.4 Å². The summed E-state index contributed by atoms with van der Waals surface area (Å²) in [6.45, 7) is 0. The van der Waals surface area contributed by atoms with E-state index in [1.165, 1.54) is 49.7 Å². The fourth-order valence-electron chi connectivity index (χ4n) is 5.16. The van der Waals surface area contributed by atoms with Crippen LogP contribution in [0.4, 0.5) is 11.4 Å². The standard InChI is InChI=1S/C32H22N2/c1-2-10-25(11-3-1)34-31-16-7-5-12-27(31)28-14-8-13-26(32(28)34)23-19-20-30-24(21-23)18-17-22-9-4-6-15-29(22)33-30/h1-21,33H. The van der Waals surface area contributed by atoms with E-state index in [-0.39, 0.29) is 0 Å². The van der Waals surface area contributed by atoms with Gasteiger partial charge in [0.15, 0.2) is 0 Å². The maximum atomic E-state index is 3.61. The van der Waals surface area contributed by atoms with E-state index in [2.05, 4.69) is 137 Å². The maximum absolute atomic E-state index is 3.61. The molecule has 2 heteroatoms. The van der Waals surface area contributed by atoms with Crippen molar-refractivity contribution in [3.05, 3.63) is 126 Å². The molecule has 1 aromatic heterocycles. The summed E-state index contributed by atoms with van der Waals surface area (Å²) in [6, 6.07) is 41.1. The number of fused-ring (bicyclic) bond motifs is 5. The molecule has 2 heterocycles. The number of nitrogens with zero attached hydrogens (tertiary/aromatic N) is 1. The molecular weight excluding hydrogens is 412 g/mol. The van der Waals surface area contributed by atoms with Gasteiger partial charge in [-0.15, -0.1) is 0 Å². The summed E-state index contributed by atoms with van der Waals surface area (Å²) in [6.07, 6.45) is 4.41. The number of hydrogen-bond donors (Lipinski definition) is 1. The number of para-hydroxylation sites is 4. The Morgan fingerprint density at radius 3 is 2.21 bits per heavy atom. The molecule has 1 N–H and O–H groups in total. The Morgan fingerprint density at radius 2 is 1.26 bits per heavy atom. The highest BCUT2D eigenvalue weighted by molar-refractivity contribution is 6.14. The van der Waals surface area contributed by atoms with Crippen LogP contribution in [0.3, 0.4) is 0 Å². The smallest absolute Gasteiger partial charge is 0.0619 e. The highest BCUT2D eigenvalue weighted by Crippen LogP contribution is 2.40. The average Bonchev–Trinajstić information content (AvgIpc) is 3.12. The molecule has 2 nitrogen and oxygen atoms in total. The molecule has 5 aromatic carbocycles. The van der Waals surface area contributed by atoms with E-state index in [4.69, 9.17) is 0 Å². The van der Waals surface area contributed by atoms with Gasteiger partial charge in [-0.25, -0.2) is 0 Å². The predicted molar refractivity (Wildman–Crippen MR) is 145 cm³/mol. The molecular formula is C32H22N2. The number of benzene rings is 5. The van der Waals surface area contributed by atoms with Gasteiger partial charge in [-0.2, -0.15) is 0 Å². The molecule has 0 spiro atoms. The van der Waals surface area contributed by atoms with Crippen LogP contribution < -0.4 is 5.32 Å². The zero-order chi connectivity index (χ0) is 22.5. The van der Waals surface area contributed by atoms with Crippen LogP contribution in [-0.4, -0.2) is 4.57 Å². The van der Waals surface area contributed by atoms with E-state index in [0.29, 0.717) is 0 Å². The molecule has 1 aliphatic rings. The first-order chi connectivity index (χ1) is 16.9. The fourth-order valence-corrected chi connectivity index (χ4v) is 5.16. The van der Waals surface area contributed by atoms with Gasteiger partial charge in [-0.1, -0.05) is 91.0 Å². The Balaban J connectivity index is 1.49. The van der Waals surface area contributed by atoms with Crippen molar-refractivity contribution in [2.24, 2.45) is 0 Å². The van der Waals surface area contributed by atoms with Crippen LogP contribution >= 0.6 is 0 Å². The lowest BCUT2D eigenvalue weighted by Crippen LogP contribution is -1.96. The monoisotopic (exact) mass is 434 g/mol. The molecule has 0 bridgehead atoms. The number of nitrogens with one attached hydrogen (secondary N) is 1.